The van der Waals surface area contributed by atoms with Gasteiger partial charge in [0, 0.05) is 18.4 Å². The van der Waals surface area contributed by atoms with Gasteiger partial charge in [0.05, 0.1) is 6.42 Å². The van der Waals surface area contributed by atoms with E-state index in [4.69, 9.17) is 10.8 Å². The molecule has 1 aliphatic rings. The molecule has 1 heterocycles. The lowest BCUT2D eigenvalue weighted by molar-refractivity contribution is -0.135. The quantitative estimate of drug-likeness (QED) is 0.793. The lowest BCUT2D eigenvalue weighted by atomic mass is 10.1. The van der Waals surface area contributed by atoms with Crippen LogP contribution in [0.4, 0.5) is 11.4 Å². The van der Waals surface area contributed by atoms with Gasteiger partial charge in [-0.2, -0.15) is 0 Å². The molecule has 0 radical (unpaired) electrons. The minimum absolute atomic E-state index is 0.131. The Balaban J connectivity index is 2.31. The van der Waals surface area contributed by atoms with E-state index in [1.165, 1.54) is 4.90 Å². The molecule has 1 unspecified atom stereocenters. The van der Waals surface area contributed by atoms with Crippen LogP contribution in [-0.4, -0.2) is 42.5 Å². The Morgan fingerprint density at radius 2 is 2.14 bits per heavy atom. The van der Waals surface area contributed by atoms with E-state index in [0.29, 0.717) is 11.4 Å². The molecule has 2 amide bonds. The number of benzene rings is 1. The standard InChI is InChI=1S/C14H17N3O4/c1-8(14(15)21)17-11-4-3-10(16(2)7-13(19)20)5-9(11)6-12(17)18/h3-5,8H,6-7H2,1-2H3,(H2,15,21)(H,19,20). The summed E-state index contributed by atoms with van der Waals surface area (Å²) in [4.78, 5) is 37.0. The summed E-state index contributed by atoms with van der Waals surface area (Å²) in [5.41, 5.74) is 7.39. The second kappa shape index (κ2) is 5.43. The number of anilines is 2. The predicted octanol–water partition coefficient (Wildman–Crippen LogP) is -0.0297. The molecule has 0 saturated carbocycles. The molecular weight excluding hydrogens is 274 g/mol. The Morgan fingerprint density at radius 3 is 2.71 bits per heavy atom. The number of hydrogen-bond donors (Lipinski definition) is 2. The molecular formula is C14H17N3O4. The van der Waals surface area contributed by atoms with Crippen LogP contribution in [0, 0.1) is 0 Å². The molecule has 0 spiro atoms. The van der Waals surface area contributed by atoms with Crippen LogP contribution in [-0.2, 0) is 20.8 Å². The first-order valence-corrected chi connectivity index (χ1v) is 6.48. The van der Waals surface area contributed by atoms with Crippen LogP contribution in [0.3, 0.4) is 0 Å². The average molecular weight is 291 g/mol. The summed E-state index contributed by atoms with van der Waals surface area (Å²) in [5.74, 6) is -1.68. The SMILES string of the molecule is CC(C(N)=O)N1C(=O)Cc2cc(N(C)CC(=O)O)ccc21. The van der Waals surface area contributed by atoms with Gasteiger partial charge in [-0.15, -0.1) is 0 Å². The maximum Gasteiger partial charge on any atom is 0.323 e. The highest BCUT2D eigenvalue weighted by Gasteiger charge is 2.33. The van der Waals surface area contributed by atoms with Gasteiger partial charge < -0.3 is 15.7 Å². The largest absolute Gasteiger partial charge is 0.480 e. The van der Waals surface area contributed by atoms with E-state index in [2.05, 4.69) is 0 Å². The lowest BCUT2D eigenvalue weighted by Gasteiger charge is -2.23. The molecule has 1 aromatic rings. The second-order valence-corrected chi connectivity index (χ2v) is 5.08. The summed E-state index contributed by atoms with van der Waals surface area (Å²) >= 11 is 0. The number of fused-ring (bicyclic) bond motifs is 1. The Morgan fingerprint density at radius 1 is 1.48 bits per heavy atom. The first kappa shape index (κ1) is 14.8. The monoisotopic (exact) mass is 291 g/mol. The molecule has 112 valence electrons. The molecule has 0 fully saturated rings. The average Bonchev–Trinajstić information content (AvgIpc) is 2.71. The molecule has 7 nitrogen and oxygen atoms in total. The van der Waals surface area contributed by atoms with E-state index in [1.54, 1.807) is 37.1 Å². The van der Waals surface area contributed by atoms with Crippen molar-refractivity contribution in [2.75, 3.05) is 23.4 Å². The third-order valence-corrected chi connectivity index (χ3v) is 3.55. The second-order valence-electron chi connectivity index (χ2n) is 5.08. The molecule has 1 aromatic carbocycles. The summed E-state index contributed by atoms with van der Waals surface area (Å²) in [7, 11) is 1.66. The van der Waals surface area contributed by atoms with Gasteiger partial charge in [0.25, 0.3) is 0 Å². The van der Waals surface area contributed by atoms with Gasteiger partial charge in [0.2, 0.25) is 11.8 Å². The van der Waals surface area contributed by atoms with Crippen molar-refractivity contribution in [2.45, 2.75) is 19.4 Å². The normalized spacial score (nSPS) is 14.8. The van der Waals surface area contributed by atoms with Crippen LogP contribution in [0.25, 0.3) is 0 Å². The zero-order valence-electron chi connectivity index (χ0n) is 11.9. The van der Waals surface area contributed by atoms with Crippen molar-refractivity contribution in [3.8, 4) is 0 Å². The van der Waals surface area contributed by atoms with Crippen molar-refractivity contribution >= 4 is 29.2 Å². The van der Waals surface area contributed by atoms with E-state index in [-0.39, 0.29) is 18.9 Å². The van der Waals surface area contributed by atoms with Crippen LogP contribution >= 0.6 is 0 Å². The number of likely N-dealkylation sites (N-methyl/N-ethyl adjacent to an activating group) is 1. The van der Waals surface area contributed by atoms with Crippen molar-refractivity contribution in [1.29, 1.82) is 0 Å². The van der Waals surface area contributed by atoms with E-state index < -0.39 is 17.9 Å². The topological polar surface area (TPSA) is 104 Å². The van der Waals surface area contributed by atoms with Crippen molar-refractivity contribution in [1.82, 2.24) is 0 Å². The zero-order chi connectivity index (χ0) is 15.7. The van der Waals surface area contributed by atoms with Crippen molar-refractivity contribution < 1.29 is 19.5 Å². The molecule has 2 rings (SSSR count). The van der Waals surface area contributed by atoms with Crippen LogP contribution < -0.4 is 15.5 Å². The van der Waals surface area contributed by atoms with E-state index >= 15 is 0 Å². The minimum Gasteiger partial charge on any atom is -0.480 e. The van der Waals surface area contributed by atoms with E-state index in [1.807, 2.05) is 0 Å². The van der Waals surface area contributed by atoms with Gasteiger partial charge in [-0.1, -0.05) is 0 Å². The smallest absolute Gasteiger partial charge is 0.323 e. The molecule has 1 aliphatic heterocycles. The first-order chi connectivity index (χ1) is 9.81. The molecule has 3 N–H and O–H groups in total. The van der Waals surface area contributed by atoms with Crippen molar-refractivity contribution in [2.24, 2.45) is 5.73 Å². The Labute approximate surface area is 121 Å². The summed E-state index contributed by atoms with van der Waals surface area (Å²) < 4.78 is 0. The fraction of sp³-hybridized carbons (Fsp3) is 0.357. The summed E-state index contributed by atoms with van der Waals surface area (Å²) in [6, 6.07) is 4.50. The number of nitrogens with zero attached hydrogens (tertiary/aromatic N) is 2. The lowest BCUT2D eigenvalue weighted by Crippen LogP contribution is -2.44. The fourth-order valence-electron chi connectivity index (χ4n) is 2.41. The summed E-state index contributed by atoms with van der Waals surface area (Å²) in [5, 5.41) is 8.80. The zero-order valence-corrected chi connectivity index (χ0v) is 11.9. The Bertz CT molecular complexity index is 614. The molecule has 0 bridgehead atoms. The Hall–Kier alpha value is -2.57. The van der Waals surface area contributed by atoms with Crippen LogP contribution in [0.5, 0.6) is 0 Å². The molecule has 21 heavy (non-hydrogen) atoms. The van der Waals surface area contributed by atoms with Crippen LogP contribution in [0.2, 0.25) is 0 Å². The number of amides is 2. The van der Waals surface area contributed by atoms with Gasteiger partial charge in [-0.05, 0) is 30.7 Å². The number of nitrogens with two attached hydrogens (primary N) is 1. The molecule has 0 saturated heterocycles. The number of carboxylic acid groups (broad SMARTS) is 1. The third kappa shape index (κ3) is 2.81. The number of carbonyl (C=O) groups is 3. The van der Waals surface area contributed by atoms with Gasteiger partial charge in [-0.3, -0.25) is 19.3 Å². The van der Waals surface area contributed by atoms with E-state index in [9.17, 15) is 14.4 Å². The van der Waals surface area contributed by atoms with Crippen LogP contribution in [0.15, 0.2) is 18.2 Å². The molecule has 0 aliphatic carbocycles. The fourth-order valence-corrected chi connectivity index (χ4v) is 2.41. The van der Waals surface area contributed by atoms with Crippen molar-refractivity contribution in [3.63, 3.8) is 0 Å². The van der Waals surface area contributed by atoms with Gasteiger partial charge >= 0.3 is 5.97 Å². The minimum atomic E-state index is -0.932. The number of carbonyl (C=O) groups excluding carboxylic acids is 2. The molecule has 0 aromatic heterocycles. The maximum atomic E-state index is 12.0. The number of rotatable bonds is 5. The maximum absolute atomic E-state index is 12.0. The number of aliphatic carboxylic acids is 1. The summed E-state index contributed by atoms with van der Waals surface area (Å²) in [6.07, 6.45) is 0.182. The predicted molar refractivity (Wildman–Crippen MR) is 77.2 cm³/mol. The summed E-state index contributed by atoms with van der Waals surface area (Å²) in [6.45, 7) is 1.45. The number of primary amides is 1. The molecule has 1 atom stereocenters. The highest BCUT2D eigenvalue weighted by Crippen LogP contribution is 2.33. The molecule has 7 heteroatoms. The number of hydrogen-bond acceptors (Lipinski definition) is 4. The van der Waals surface area contributed by atoms with Gasteiger partial charge in [0.1, 0.15) is 12.6 Å². The van der Waals surface area contributed by atoms with Gasteiger partial charge in [0.15, 0.2) is 0 Å². The highest BCUT2D eigenvalue weighted by atomic mass is 16.4. The third-order valence-electron chi connectivity index (χ3n) is 3.55. The number of carboxylic acids is 1. The van der Waals surface area contributed by atoms with E-state index in [0.717, 1.165) is 5.56 Å². The van der Waals surface area contributed by atoms with Crippen LogP contribution in [0.1, 0.15) is 12.5 Å². The highest BCUT2D eigenvalue weighted by molar-refractivity contribution is 6.06. The Kier molecular flexibility index (Phi) is 3.84. The first-order valence-electron chi connectivity index (χ1n) is 6.48. The van der Waals surface area contributed by atoms with Crippen molar-refractivity contribution in [3.05, 3.63) is 23.8 Å². The van der Waals surface area contributed by atoms with Gasteiger partial charge in [-0.25, -0.2) is 0 Å².